The number of anilines is 1. The zero-order valence-electron chi connectivity index (χ0n) is 11.0. The average molecular weight is 254 g/mol. The molecule has 0 radical (unpaired) electrons. The van der Waals surface area contributed by atoms with Crippen LogP contribution in [0, 0.1) is 5.41 Å². The highest BCUT2D eigenvalue weighted by Gasteiger charge is 2.23. The van der Waals surface area contributed by atoms with Gasteiger partial charge in [0.25, 0.3) is 0 Å². The molecule has 0 saturated carbocycles. The maximum Gasteiger partial charge on any atom is 0.205 e. The van der Waals surface area contributed by atoms with Crippen molar-refractivity contribution in [2.45, 2.75) is 39.7 Å². The third kappa shape index (κ3) is 3.64. The van der Waals surface area contributed by atoms with Crippen molar-refractivity contribution in [3.8, 4) is 0 Å². The Morgan fingerprint density at radius 3 is 2.82 bits per heavy atom. The third-order valence-electron chi connectivity index (χ3n) is 3.47. The monoisotopic (exact) mass is 254 g/mol. The topological polar surface area (TPSA) is 41.1 Å². The predicted molar refractivity (Wildman–Crippen MR) is 72.4 cm³/mol. The fourth-order valence-electron chi connectivity index (χ4n) is 2.25. The number of nitrogens with one attached hydrogen (secondary N) is 1. The summed E-state index contributed by atoms with van der Waals surface area (Å²) < 4.78 is 0. The number of hydrogen-bond donors (Lipinski definition) is 1. The van der Waals surface area contributed by atoms with E-state index in [-0.39, 0.29) is 0 Å². The third-order valence-corrected chi connectivity index (χ3v) is 4.40. The molecule has 0 aliphatic carbocycles. The number of aromatic nitrogens is 2. The van der Waals surface area contributed by atoms with Crippen LogP contribution in [0.5, 0.6) is 0 Å². The molecule has 2 rings (SSSR count). The van der Waals surface area contributed by atoms with Crippen molar-refractivity contribution in [2.75, 3.05) is 25.5 Å². The number of hydrogen-bond acceptors (Lipinski definition) is 5. The van der Waals surface area contributed by atoms with Crippen molar-refractivity contribution >= 4 is 16.5 Å². The highest BCUT2D eigenvalue weighted by atomic mass is 32.1. The molecular formula is C12H22N4S. The van der Waals surface area contributed by atoms with Gasteiger partial charge in [-0.05, 0) is 37.8 Å². The van der Waals surface area contributed by atoms with E-state index in [0.717, 1.165) is 16.7 Å². The van der Waals surface area contributed by atoms with E-state index in [1.54, 1.807) is 11.3 Å². The van der Waals surface area contributed by atoms with Gasteiger partial charge < -0.3 is 5.32 Å². The lowest BCUT2D eigenvalue weighted by Crippen LogP contribution is -2.25. The van der Waals surface area contributed by atoms with Gasteiger partial charge in [-0.15, -0.1) is 10.2 Å². The minimum atomic E-state index is 0.506. The first-order chi connectivity index (χ1) is 8.09. The zero-order valence-corrected chi connectivity index (χ0v) is 11.8. The minimum Gasteiger partial charge on any atom is -0.363 e. The largest absolute Gasteiger partial charge is 0.363 e. The van der Waals surface area contributed by atoms with Crippen LogP contribution >= 0.6 is 11.3 Å². The molecule has 0 spiro atoms. The number of likely N-dealkylation sites (tertiary alicyclic amines) is 1. The normalized spacial score (nSPS) is 21.1. The van der Waals surface area contributed by atoms with Gasteiger partial charge in [-0.1, -0.05) is 25.2 Å². The molecule has 1 aliphatic rings. The fourth-order valence-corrected chi connectivity index (χ4v) is 2.98. The van der Waals surface area contributed by atoms with Crippen LogP contribution in [0.15, 0.2) is 0 Å². The predicted octanol–water partition coefficient (Wildman–Crippen LogP) is 2.59. The van der Waals surface area contributed by atoms with Crippen molar-refractivity contribution in [2.24, 2.45) is 5.41 Å². The van der Waals surface area contributed by atoms with Crippen LogP contribution in [0.1, 0.15) is 38.1 Å². The molecule has 96 valence electrons. The van der Waals surface area contributed by atoms with Gasteiger partial charge in [-0.2, -0.15) is 0 Å². The van der Waals surface area contributed by atoms with Crippen molar-refractivity contribution in [3.05, 3.63) is 5.01 Å². The molecule has 0 amide bonds. The van der Waals surface area contributed by atoms with E-state index in [1.807, 2.05) is 7.05 Å². The molecular weight excluding hydrogens is 232 g/mol. The number of nitrogens with zero attached hydrogens (tertiary/aromatic N) is 3. The first kappa shape index (κ1) is 12.8. The summed E-state index contributed by atoms with van der Waals surface area (Å²) in [7, 11) is 1.89. The van der Waals surface area contributed by atoms with E-state index in [2.05, 4.69) is 34.3 Å². The molecule has 5 heteroatoms. The van der Waals surface area contributed by atoms with Gasteiger partial charge in [0.1, 0.15) is 5.01 Å². The smallest absolute Gasteiger partial charge is 0.205 e. The van der Waals surface area contributed by atoms with E-state index in [4.69, 9.17) is 0 Å². The molecule has 1 aliphatic heterocycles. The summed E-state index contributed by atoms with van der Waals surface area (Å²) >= 11 is 1.66. The Hall–Kier alpha value is -0.680. The van der Waals surface area contributed by atoms with Gasteiger partial charge in [0.05, 0.1) is 6.54 Å². The lowest BCUT2D eigenvalue weighted by atomic mass is 9.85. The summed E-state index contributed by atoms with van der Waals surface area (Å²) in [6, 6.07) is 0. The zero-order chi connectivity index (χ0) is 12.3. The maximum atomic E-state index is 4.21. The molecule has 1 saturated heterocycles. The Morgan fingerprint density at radius 1 is 1.29 bits per heavy atom. The van der Waals surface area contributed by atoms with Crippen molar-refractivity contribution < 1.29 is 0 Å². The first-order valence-electron chi connectivity index (χ1n) is 6.31. The maximum absolute atomic E-state index is 4.21. The van der Waals surface area contributed by atoms with Crippen molar-refractivity contribution in [1.82, 2.24) is 15.1 Å². The van der Waals surface area contributed by atoms with Gasteiger partial charge in [0.15, 0.2) is 0 Å². The molecule has 0 aromatic carbocycles. The molecule has 0 atom stereocenters. The van der Waals surface area contributed by atoms with Crippen LogP contribution in [0.3, 0.4) is 0 Å². The SMILES string of the molecule is CNc1nnc(CN2CCCC(C)(C)CC2)s1. The highest BCUT2D eigenvalue weighted by molar-refractivity contribution is 7.15. The highest BCUT2D eigenvalue weighted by Crippen LogP contribution is 2.30. The number of rotatable bonds is 3. The molecule has 1 fully saturated rings. The molecule has 0 unspecified atom stereocenters. The molecule has 1 N–H and O–H groups in total. The summed E-state index contributed by atoms with van der Waals surface area (Å²) in [6.07, 6.45) is 3.91. The fraction of sp³-hybridized carbons (Fsp3) is 0.833. The Morgan fingerprint density at radius 2 is 2.12 bits per heavy atom. The summed E-state index contributed by atoms with van der Waals surface area (Å²) in [5.74, 6) is 0. The van der Waals surface area contributed by atoms with Crippen LogP contribution in [0.4, 0.5) is 5.13 Å². The summed E-state index contributed by atoms with van der Waals surface area (Å²) in [4.78, 5) is 2.51. The standard InChI is InChI=1S/C12H22N4S/c1-12(2)5-4-7-16(8-6-12)9-10-14-15-11(13-3)17-10/h4-9H2,1-3H3,(H,13,15). The van der Waals surface area contributed by atoms with Gasteiger partial charge >= 0.3 is 0 Å². The van der Waals surface area contributed by atoms with Gasteiger partial charge in [-0.25, -0.2) is 0 Å². The second kappa shape index (κ2) is 5.31. The summed E-state index contributed by atoms with van der Waals surface area (Å²) in [5.41, 5.74) is 0.506. The second-order valence-electron chi connectivity index (χ2n) is 5.54. The quantitative estimate of drug-likeness (QED) is 0.900. The molecule has 1 aromatic heterocycles. The Balaban J connectivity index is 1.90. The summed E-state index contributed by atoms with van der Waals surface area (Å²) in [5, 5.41) is 13.4. The van der Waals surface area contributed by atoms with Crippen LogP contribution < -0.4 is 5.32 Å². The van der Waals surface area contributed by atoms with Crippen molar-refractivity contribution in [3.63, 3.8) is 0 Å². The molecule has 1 aromatic rings. The Bertz CT molecular complexity index is 361. The molecule has 0 bridgehead atoms. The van der Waals surface area contributed by atoms with Crippen LogP contribution in [0.2, 0.25) is 0 Å². The first-order valence-corrected chi connectivity index (χ1v) is 7.13. The van der Waals surface area contributed by atoms with E-state index in [9.17, 15) is 0 Å². The van der Waals surface area contributed by atoms with Gasteiger partial charge in [-0.3, -0.25) is 4.90 Å². The van der Waals surface area contributed by atoms with E-state index >= 15 is 0 Å². The van der Waals surface area contributed by atoms with Gasteiger partial charge in [0.2, 0.25) is 5.13 Å². The van der Waals surface area contributed by atoms with E-state index in [0.29, 0.717) is 5.41 Å². The van der Waals surface area contributed by atoms with Gasteiger partial charge in [0, 0.05) is 7.05 Å². The lowest BCUT2D eigenvalue weighted by Gasteiger charge is -2.22. The Kier molecular flexibility index (Phi) is 3.99. The average Bonchev–Trinajstić information content (AvgIpc) is 2.66. The lowest BCUT2D eigenvalue weighted by molar-refractivity contribution is 0.255. The Labute approximate surface area is 107 Å². The van der Waals surface area contributed by atoms with Crippen molar-refractivity contribution in [1.29, 1.82) is 0 Å². The van der Waals surface area contributed by atoms with E-state index < -0.39 is 0 Å². The second-order valence-corrected chi connectivity index (χ2v) is 6.61. The van der Waals surface area contributed by atoms with Crippen LogP contribution in [0.25, 0.3) is 0 Å². The molecule has 17 heavy (non-hydrogen) atoms. The van der Waals surface area contributed by atoms with Crippen LogP contribution in [-0.4, -0.2) is 35.2 Å². The molecule has 4 nitrogen and oxygen atoms in total. The minimum absolute atomic E-state index is 0.506. The van der Waals surface area contributed by atoms with E-state index in [1.165, 1.54) is 32.4 Å². The molecule has 2 heterocycles. The van der Waals surface area contributed by atoms with Crippen LogP contribution in [-0.2, 0) is 6.54 Å². The summed E-state index contributed by atoms with van der Waals surface area (Å²) in [6.45, 7) is 8.08.